The zero-order chi connectivity index (χ0) is 17.7. The number of carbonyl (C=O) groups is 2. The highest BCUT2D eigenvalue weighted by atomic mass is 35.5. The highest BCUT2D eigenvalue weighted by molar-refractivity contribution is 6.02. The second kappa shape index (κ2) is 9.28. The Kier molecular flexibility index (Phi) is 7.71. The van der Waals surface area contributed by atoms with Gasteiger partial charge in [-0.25, -0.2) is 0 Å². The van der Waals surface area contributed by atoms with E-state index in [1.807, 2.05) is 38.1 Å². The lowest BCUT2D eigenvalue weighted by Crippen LogP contribution is -2.27. The number of hydrogen-bond donors (Lipinski definition) is 3. The monoisotopic (exact) mass is 363 g/mol. The van der Waals surface area contributed by atoms with Gasteiger partial charge >= 0.3 is 0 Å². The Balaban J connectivity index is 0.00000312. The van der Waals surface area contributed by atoms with E-state index in [4.69, 9.17) is 5.73 Å². The number of carbonyl (C=O) groups excluding carboxylic acids is 2. The van der Waals surface area contributed by atoms with E-state index in [1.54, 1.807) is 0 Å². The zero-order valence-corrected chi connectivity index (χ0v) is 15.8. The number of aryl methyl sites for hydroxylation is 1. The maximum atomic E-state index is 12.5. The van der Waals surface area contributed by atoms with Crippen molar-refractivity contribution in [1.29, 1.82) is 0 Å². The molecule has 5 nitrogen and oxygen atoms in total. The molecule has 2 rings (SSSR count). The average molecular weight is 364 g/mol. The Morgan fingerprint density at radius 2 is 1.80 bits per heavy atom. The van der Waals surface area contributed by atoms with Gasteiger partial charge in [-0.15, -0.1) is 12.4 Å². The SMILES string of the molecule is CCCc1c(C(=O)NCCc2ccc(N)cc2)[nH]c(C)c1C(C)=O.Cl. The Hall–Kier alpha value is -2.27. The van der Waals surface area contributed by atoms with Gasteiger partial charge in [-0.05, 0) is 49.9 Å². The van der Waals surface area contributed by atoms with Gasteiger partial charge in [0.2, 0.25) is 0 Å². The van der Waals surface area contributed by atoms with E-state index in [1.165, 1.54) is 6.92 Å². The summed E-state index contributed by atoms with van der Waals surface area (Å²) in [6, 6.07) is 7.61. The van der Waals surface area contributed by atoms with Crippen molar-refractivity contribution in [3.8, 4) is 0 Å². The smallest absolute Gasteiger partial charge is 0.268 e. The third kappa shape index (κ3) is 5.10. The van der Waals surface area contributed by atoms with Crippen LogP contribution in [-0.2, 0) is 12.8 Å². The Morgan fingerprint density at radius 1 is 1.16 bits per heavy atom. The second-order valence-corrected chi connectivity index (χ2v) is 6.03. The molecule has 1 heterocycles. The van der Waals surface area contributed by atoms with Gasteiger partial charge in [0.05, 0.1) is 0 Å². The highest BCUT2D eigenvalue weighted by Gasteiger charge is 2.21. The number of Topliss-reactive ketones (excluding diaryl/α,β-unsaturated/α-hetero) is 1. The van der Waals surface area contributed by atoms with Crippen molar-refractivity contribution in [2.24, 2.45) is 0 Å². The van der Waals surface area contributed by atoms with Gasteiger partial charge in [0.1, 0.15) is 5.69 Å². The van der Waals surface area contributed by atoms with Crippen LogP contribution in [0.3, 0.4) is 0 Å². The van der Waals surface area contributed by atoms with Crippen LogP contribution in [-0.4, -0.2) is 23.2 Å². The number of hydrogen-bond acceptors (Lipinski definition) is 3. The van der Waals surface area contributed by atoms with Crippen LogP contribution in [0.2, 0.25) is 0 Å². The van der Waals surface area contributed by atoms with Crippen molar-refractivity contribution in [1.82, 2.24) is 10.3 Å². The summed E-state index contributed by atoms with van der Waals surface area (Å²) in [6.07, 6.45) is 2.32. The predicted molar refractivity (Wildman–Crippen MR) is 104 cm³/mol. The minimum absolute atomic E-state index is 0. The molecule has 0 saturated carbocycles. The molecule has 0 aliphatic carbocycles. The van der Waals surface area contributed by atoms with E-state index in [9.17, 15) is 9.59 Å². The number of rotatable bonds is 7. The lowest BCUT2D eigenvalue weighted by Gasteiger charge is -2.07. The number of halogens is 1. The third-order valence-electron chi connectivity index (χ3n) is 4.05. The summed E-state index contributed by atoms with van der Waals surface area (Å²) in [5.41, 5.74) is 10.3. The molecule has 2 aromatic rings. The summed E-state index contributed by atoms with van der Waals surface area (Å²) in [5.74, 6) is -0.169. The highest BCUT2D eigenvalue weighted by Crippen LogP contribution is 2.21. The van der Waals surface area contributed by atoms with E-state index in [0.717, 1.165) is 35.3 Å². The largest absolute Gasteiger partial charge is 0.399 e. The fourth-order valence-electron chi connectivity index (χ4n) is 2.94. The summed E-state index contributed by atoms with van der Waals surface area (Å²) in [7, 11) is 0. The molecule has 0 spiro atoms. The molecule has 4 N–H and O–H groups in total. The van der Waals surface area contributed by atoms with Gasteiger partial charge in [-0.3, -0.25) is 9.59 Å². The van der Waals surface area contributed by atoms with Gasteiger partial charge < -0.3 is 16.0 Å². The fraction of sp³-hybridized carbons (Fsp3) is 0.368. The molecule has 1 aromatic heterocycles. The topological polar surface area (TPSA) is 88.0 Å². The number of nitrogens with one attached hydrogen (secondary N) is 2. The van der Waals surface area contributed by atoms with Crippen molar-refractivity contribution in [3.63, 3.8) is 0 Å². The molecule has 0 saturated heterocycles. The molecule has 136 valence electrons. The van der Waals surface area contributed by atoms with Crippen molar-refractivity contribution >= 4 is 29.8 Å². The molecule has 0 aliphatic rings. The van der Waals surface area contributed by atoms with Crippen molar-refractivity contribution in [2.75, 3.05) is 12.3 Å². The van der Waals surface area contributed by atoms with Gasteiger partial charge in [-0.2, -0.15) is 0 Å². The molecule has 0 bridgehead atoms. The predicted octanol–water partition coefficient (Wildman–Crippen LogP) is 3.45. The van der Waals surface area contributed by atoms with Crippen LogP contribution in [0.15, 0.2) is 24.3 Å². The zero-order valence-electron chi connectivity index (χ0n) is 14.9. The van der Waals surface area contributed by atoms with Crippen LogP contribution < -0.4 is 11.1 Å². The summed E-state index contributed by atoms with van der Waals surface area (Å²) in [4.78, 5) is 27.4. The first-order valence-electron chi connectivity index (χ1n) is 8.29. The number of anilines is 1. The first-order valence-corrected chi connectivity index (χ1v) is 8.29. The summed E-state index contributed by atoms with van der Waals surface area (Å²) in [5, 5.41) is 2.93. The Morgan fingerprint density at radius 3 is 2.36 bits per heavy atom. The van der Waals surface area contributed by atoms with E-state index < -0.39 is 0 Å². The van der Waals surface area contributed by atoms with Gasteiger partial charge in [-0.1, -0.05) is 25.5 Å². The van der Waals surface area contributed by atoms with Crippen LogP contribution in [0.4, 0.5) is 5.69 Å². The number of H-pyrrole nitrogens is 1. The Bertz CT molecular complexity index is 736. The fourth-order valence-corrected chi connectivity index (χ4v) is 2.94. The molecular weight excluding hydrogens is 338 g/mol. The minimum atomic E-state index is -0.163. The van der Waals surface area contributed by atoms with E-state index in [2.05, 4.69) is 10.3 Å². The molecule has 0 atom stereocenters. The lowest BCUT2D eigenvalue weighted by molar-refractivity contribution is 0.0948. The minimum Gasteiger partial charge on any atom is -0.399 e. The van der Waals surface area contributed by atoms with E-state index in [-0.39, 0.29) is 24.1 Å². The number of benzene rings is 1. The van der Waals surface area contributed by atoms with Crippen LogP contribution in [0.1, 0.15) is 57.9 Å². The average Bonchev–Trinajstić information content (AvgIpc) is 2.86. The van der Waals surface area contributed by atoms with Crippen LogP contribution in [0.25, 0.3) is 0 Å². The van der Waals surface area contributed by atoms with Crippen molar-refractivity contribution in [2.45, 2.75) is 40.0 Å². The molecular formula is C19H26ClN3O2. The van der Waals surface area contributed by atoms with Gasteiger partial charge in [0.25, 0.3) is 5.91 Å². The molecule has 0 unspecified atom stereocenters. The molecule has 0 radical (unpaired) electrons. The molecule has 0 aliphatic heterocycles. The van der Waals surface area contributed by atoms with Crippen molar-refractivity contribution < 1.29 is 9.59 Å². The van der Waals surface area contributed by atoms with Crippen LogP contribution in [0.5, 0.6) is 0 Å². The van der Waals surface area contributed by atoms with Crippen molar-refractivity contribution in [3.05, 3.63) is 52.3 Å². The maximum Gasteiger partial charge on any atom is 0.268 e. The molecule has 0 fully saturated rings. The summed E-state index contributed by atoms with van der Waals surface area (Å²) < 4.78 is 0. The van der Waals surface area contributed by atoms with Crippen LogP contribution in [0, 0.1) is 6.92 Å². The number of nitrogens with two attached hydrogens (primary N) is 1. The van der Waals surface area contributed by atoms with E-state index >= 15 is 0 Å². The number of aromatic nitrogens is 1. The quantitative estimate of drug-likeness (QED) is 0.520. The lowest BCUT2D eigenvalue weighted by atomic mass is 10.0. The molecule has 1 aromatic carbocycles. The van der Waals surface area contributed by atoms with Gasteiger partial charge in [0.15, 0.2) is 5.78 Å². The standard InChI is InChI=1S/C19H25N3O2.ClH/c1-4-5-16-17(13(3)23)12(2)22-18(16)19(24)21-11-10-14-6-8-15(20)9-7-14;/h6-9,22H,4-5,10-11,20H2,1-3H3,(H,21,24);1H. The number of nitrogen functional groups attached to an aromatic ring is 1. The molecule has 6 heteroatoms. The molecule has 25 heavy (non-hydrogen) atoms. The maximum absolute atomic E-state index is 12.5. The van der Waals surface area contributed by atoms with E-state index in [0.29, 0.717) is 24.2 Å². The number of aromatic amines is 1. The first kappa shape index (κ1) is 20.8. The first-order chi connectivity index (χ1) is 11.4. The normalized spacial score (nSPS) is 10.2. The summed E-state index contributed by atoms with van der Waals surface area (Å²) >= 11 is 0. The number of amides is 1. The van der Waals surface area contributed by atoms with Crippen LogP contribution >= 0.6 is 12.4 Å². The second-order valence-electron chi connectivity index (χ2n) is 6.03. The molecule has 1 amide bonds. The third-order valence-corrected chi connectivity index (χ3v) is 4.05. The van der Waals surface area contributed by atoms with Gasteiger partial charge in [0, 0.05) is 23.5 Å². The summed E-state index contributed by atoms with van der Waals surface area (Å²) in [6.45, 7) is 5.94. The Labute approximate surface area is 154 Å². The number of ketones is 1.